The molecule has 39 heavy (non-hydrogen) atoms. The number of anilines is 1. The molecule has 17 heteroatoms. The van der Waals surface area contributed by atoms with Gasteiger partial charge in [-0.2, -0.15) is 26.3 Å². The molecule has 2 aliphatic rings. The molecule has 214 valence electrons. The van der Waals surface area contributed by atoms with E-state index in [1.54, 1.807) is 18.7 Å². The van der Waals surface area contributed by atoms with Crippen LogP contribution in [0.5, 0.6) is 0 Å². The number of carbonyl (C=O) groups is 3. The molecule has 1 amide bonds. The highest BCUT2D eigenvalue weighted by molar-refractivity contribution is 5.80. The number of fused-ring (bicyclic) bond motifs is 1. The van der Waals surface area contributed by atoms with Gasteiger partial charge in [-0.3, -0.25) is 9.78 Å². The van der Waals surface area contributed by atoms with Gasteiger partial charge in [0.15, 0.2) is 0 Å². The fourth-order valence-electron chi connectivity index (χ4n) is 3.65. The zero-order chi connectivity index (χ0) is 29.2. The Bertz CT molecular complexity index is 1070. The Balaban J connectivity index is 0.000000317. The average Bonchev–Trinajstić information content (AvgIpc) is 3.31. The van der Waals surface area contributed by atoms with E-state index in [9.17, 15) is 31.1 Å². The zero-order valence-corrected chi connectivity index (χ0v) is 19.9. The summed E-state index contributed by atoms with van der Waals surface area (Å²) in [5.41, 5.74) is 0.848. The van der Waals surface area contributed by atoms with Gasteiger partial charge in [-0.05, 0) is 37.5 Å². The molecule has 2 aliphatic heterocycles. The number of pyridine rings is 1. The van der Waals surface area contributed by atoms with Gasteiger partial charge in [0.25, 0.3) is 0 Å². The molecule has 2 saturated heterocycles. The Hall–Kier alpha value is -4.02. The standard InChI is InChI=1S/C18H21N5O2.2C2HF3O2/c24-18(21-11-13-3-1-2-8-20-13)16-5-4-14-15(25-16)7-10-23(14)17-6-9-19-12-22-17;2*3-2(4,5)1(6)7/h1-3,6,8-9,12,14-16H,4-5,7,10-11H2,(H,21,24);2*(H,6,7)/t14-,15-,16+;;/m1../s1. The molecule has 2 aromatic heterocycles. The van der Waals surface area contributed by atoms with Gasteiger partial charge in [0, 0.05) is 18.9 Å². The number of nitrogens with one attached hydrogen (secondary N) is 1. The largest absolute Gasteiger partial charge is 0.490 e. The molecule has 3 N–H and O–H groups in total. The summed E-state index contributed by atoms with van der Waals surface area (Å²) in [6.07, 6.45) is -2.85. The molecule has 0 bridgehead atoms. The third kappa shape index (κ3) is 9.99. The summed E-state index contributed by atoms with van der Waals surface area (Å²) in [4.78, 5) is 45.0. The van der Waals surface area contributed by atoms with Crippen molar-refractivity contribution in [2.24, 2.45) is 0 Å². The Kier molecular flexibility index (Phi) is 10.9. The summed E-state index contributed by atoms with van der Waals surface area (Å²) >= 11 is 0. The molecule has 3 atom stereocenters. The smallest absolute Gasteiger partial charge is 0.475 e. The lowest BCUT2D eigenvalue weighted by Gasteiger charge is -2.35. The topological polar surface area (TPSA) is 155 Å². The fourth-order valence-corrected chi connectivity index (χ4v) is 3.65. The van der Waals surface area contributed by atoms with Crippen molar-refractivity contribution in [2.45, 2.75) is 56.4 Å². The maximum absolute atomic E-state index is 12.4. The van der Waals surface area contributed by atoms with Crippen molar-refractivity contribution >= 4 is 23.7 Å². The number of aliphatic carboxylic acids is 2. The van der Waals surface area contributed by atoms with Crippen LogP contribution >= 0.6 is 0 Å². The first kappa shape index (κ1) is 31.2. The van der Waals surface area contributed by atoms with Crippen LogP contribution in [0.1, 0.15) is 25.0 Å². The first-order valence-electron chi connectivity index (χ1n) is 11.2. The zero-order valence-electron chi connectivity index (χ0n) is 19.9. The molecular formula is C22H23F6N5O6. The third-order valence-corrected chi connectivity index (χ3v) is 5.36. The van der Waals surface area contributed by atoms with Crippen LogP contribution < -0.4 is 10.2 Å². The molecule has 0 aliphatic carbocycles. The van der Waals surface area contributed by atoms with Crippen LogP contribution in [0.4, 0.5) is 32.2 Å². The number of rotatable bonds is 4. The fraction of sp³-hybridized carbons (Fsp3) is 0.455. The molecule has 0 radical (unpaired) electrons. The van der Waals surface area contributed by atoms with E-state index in [1.807, 2.05) is 24.3 Å². The molecule has 2 aromatic rings. The molecule has 2 fully saturated rings. The highest BCUT2D eigenvalue weighted by Crippen LogP contribution is 2.33. The molecular weight excluding hydrogens is 544 g/mol. The van der Waals surface area contributed by atoms with Crippen LogP contribution in [0.3, 0.4) is 0 Å². The minimum atomic E-state index is -5.08. The minimum absolute atomic E-state index is 0.0513. The molecule has 11 nitrogen and oxygen atoms in total. The van der Waals surface area contributed by atoms with Gasteiger partial charge < -0.3 is 25.2 Å². The molecule has 4 heterocycles. The summed E-state index contributed by atoms with van der Waals surface area (Å²) in [6, 6.07) is 7.88. The number of nitrogens with zero attached hydrogens (tertiary/aromatic N) is 4. The number of halogens is 6. The lowest BCUT2D eigenvalue weighted by molar-refractivity contribution is -0.193. The lowest BCUT2D eigenvalue weighted by atomic mass is 9.98. The normalized spacial score (nSPS) is 20.4. The van der Waals surface area contributed by atoms with E-state index >= 15 is 0 Å². The first-order valence-corrected chi connectivity index (χ1v) is 11.2. The number of aromatic nitrogens is 3. The van der Waals surface area contributed by atoms with Crippen molar-refractivity contribution in [2.75, 3.05) is 11.4 Å². The Labute approximate surface area is 216 Å². The maximum Gasteiger partial charge on any atom is 0.490 e. The third-order valence-electron chi connectivity index (χ3n) is 5.36. The Morgan fingerprint density at radius 2 is 1.59 bits per heavy atom. The van der Waals surface area contributed by atoms with Crippen molar-refractivity contribution in [1.82, 2.24) is 20.3 Å². The Morgan fingerprint density at radius 3 is 2.10 bits per heavy atom. The van der Waals surface area contributed by atoms with Crippen LogP contribution in [0.15, 0.2) is 43.0 Å². The number of alkyl halides is 6. The SMILES string of the molecule is O=C(NCc1ccccn1)[C@@H]1CC[C@@H]2[C@@H](CCN2c2ccncn2)O1.O=C(O)C(F)(F)F.O=C(O)C(F)(F)F. The number of amides is 1. The highest BCUT2D eigenvalue weighted by atomic mass is 19.4. The van der Waals surface area contributed by atoms with Crippen LogP contribution in [0.25, 0.3) is 0 Å². The summed E-state index contributed by atoms with van der Waals surface area (Å²) in [5.74, 6) is -4.63. The number of hydrogen-bond acceptors (Lipinski definition) is 8. The van der Waals surface area contributed by atoms with Crippen molar-refractivity contribution in [3.8, 4) is 0 Å². The van der Waals surface area contributed by atoms with Crippen LogP contribution in [0.2, 0.25) is 0 Å². The van der Waals surface area contributed by atoms with E-state index < -0.39 is 24.3 Å². The predicted molar refractivity (Wildman–Crippen MR) is 119 cm³/mol. The van der Waals surface area contributed by atoms with Crippen molar-refractivity contribution in [3.05, 3.63) is 48.7 Å². The summed E-state index contributed by atoms with van der Waals surface area (Å²) in [6.45, 7) is 1.33. The van der Waals surface area contributed by atoms with Crippen LogP contribution in [0, 0.1) is 0 Å². The van der Waals surface area contributed by atoms with E-state index in [2.05, 4.69) is 25.2 Å². The van der Waals surface area contributed by atoms with Gasteiger partial charge in [0.1, 0.15) is 18.2 Å². The van der Waals surface area contributed by atoms with E-state index in [1.165, 1.54) is 0 Å². The monoisotopic (exact) mass is 567 g/mol. The highest BCUT2D eigenvalue weighted by Gasteiger charge is 2.42. The van der Waals surface area contributed by atoms with Gasteiger partial charge in [0.2, 0.25) is 5.91 Å². The quantitative estimate of drug-likeness (QED) is 0.470. The van der Waals surface area contributed by atoms with Crippen molar-refractivity contribution in [1.29, 1.82) is 0 Å². The second kappa shape index (κ2) is 13.7. The van der Waals surface area contributed by atoms with E-state index in [-0.39, 0.29) is 24.2 Å². The van der Waals surface area contributed by atoms with Crippen LogP contribution in [-0.2, 0) is 25.7 Å². The molecule has 0 saturated carbocycles. The number of hydrogen-bond donors (Lipinski definition) is 3. The summed E-state index contributed by atoms with van der Waals surface area (Å²) in [5, 5.41) is 17.2. The van der Waals surface area contributed by atoms with Crippen LogP contribution in [-0.4, -0.2) is 80.2 Å². The Morgan fingerprint density at radius 1 is 0.949 bits per heavy atom. The van der Waals surface area contributed by atoms with Gasteiger partial charge in [-0.25, -0.2) is 19.6 Å². The summed E-state index contributed by atoms with van der Waals surface area (Å²) < 4.78 is 69.6. The second-order valence-corrected chi connectivity index (χ2v) is 8.00. The van der Waals surface area contributed by atoms with Gasteiger partial charge in [0.05, 0.1) is 24.4 Å². The van der Waals surface area contributed by atoms with Crippen molar-refractivity contribution in [3.63, 3.8) is 0 Å². The second-order valence-electron chi connectivity index (χ2n) is 8.00. The van der Waals surface area contributed by atoms with Crippen molar-refractivity contribution < 1.29 is 55.7 Å². The first-order chi connectivity index (χ1) is 18.2. The van der Waals surface area contributed by atoms with Gasteiger partial charge >= 0.3 is 24.3 Å². The lowest BCUT2D eigenvalue weighted by Crippen LogP contribution is -2.48. The number of ether oxygens (including phenoxy) is 1. The molecule has 0 unspecified atom stereocenters. The molecule has 0 aromatic carbocycles. The average molecular weight is 567 g/mol. The molecule has 0 spiro atoms. The van der Waals surface area contributed by atoms with E-state index in [0.29, 0.717) is 6.54 Å². The number of carboxylic acid groups (broad SMARTS) is 2. The van der Waals surface area contributed by atoms with E-state index in [0.717, 1.165) is 37.3 Å². The predicted octanol–water partition coefficient (Wildman–Crippen LogP) is 2.58. The molecule has 4 rings (SSSR count). The minimum Gasteiger partial charge on any atom is -0.475 e. The van der Waals surface area contributed by atoms with Gasteiger partial charge in [-0.15, -0.1) is 0 Å². The van der Waals surface area contributed by atoms with E-state index in [4.69, 9.17) is 24.5 Å². The summed E-state index contributed by atoms with van der Waals surface area (Å²) in [7, 11) is 0. The van der Waals surface area contributed by atoms with Gasteiger partial charge in [-0.1, -0.05) is 6.07 Å². The number of carbonyl (C=O) groups excluding carboxylic acids is 1. The maximum atomic E-state index is 12.4. The number of carboxylic acids is 2.